The number of primary amides is 1. The van der Waals surface area contributed by atoms with Gasteiger partial charge in [0.2, 0.25) is 0 Å². The average Bonchev–Trinajstić information content (AvgIpc) is 2.48. The molecular weight excluding hydrogens is 266 g/mol. The first kappa shape index (κ1) is 14.8. The molecule has 2 aromatic carbocycles. The fourth-order valence-electron chi connectivity index (χ4n) is 1.91. The van der Waals surface area contributed by atoms with Crippen molar-refractivity contribution in [1.82, 2.24) is 0 Å². The molecule has 4 heteroatoms. The summed E-state index contributed by atoms with van der Waals surface area (Å²) in [4.78, 5) is 22.5. The van der Waals surface area contributed by atoms with Crippen molar-refractivity contribution >= 4 is 11.9 Å². The minimum Gasteiger partial charge on any atom is -0.452 e. The Morgan fingerprint density at radius 3 is 2.14 bits per heavy atom. The summed E-state index contributed by atoms with van der Waals surface area (Å²) in [6, 6.07) is 17.6. The first-order valence-corrected chi connectivity index (χ1v) is 6.69. The van der Waals surface area contributed by atoms with Crippen molar-refractivity contribution in [3.8, 4) is 11.1 Å². The summed E-state index contributed by atoms with van der Waals surface area (Å²) in [6.07, 6.45) is -0.784. The zero-order valence-corrected chi connectivity index (χ0v) is 11.8. The standard InChI is InChI=1S/C17H17NO3/c1-12(17(18)20)21-16(19)11-13-7-9-15(10-8-13)14-5-3-2-4-6-14/h2-10,12H,11H2,1H3,(H2,18,20)/t12-/m1/s1. The molecule has 2 rings (SSSR count). The molecule has 0 spiro atoms. The lowest BCUT2D eigenvalue weighted by Gasteiger charge is -2.09. The van der Waals surface area contributed by atoms with E-state index in [-0.39, 0.29) is 6.42 Å². The summed E-state index contributed by atoms with van der Waals surface area (Å²) < 4.78 is 4.92. The second kappa shape index (κ2) is 6.70. The Bertz CT molecular complexity index is 620. The monoisotopic (exact) mass is 283 g/mol. The van der Waals surface area contributed by atoms with Gasteiger partial charge in [0.1, 0.15) is 0 Å². The van der Waals surface area contributed by atoms with E-state index < -0.39 is 18.0 Å². The average molecular weight is 283 g/mol. The van der Waals surface area contributed by atoms with Crippen LogP contribution in [0.5, 0.6) is 0 Å². The van der Waals surface area contributed by atoms with Crippen molar-refractivity contribution in [3.63, 3.8) is 0 Å². The molecular formula is C17H17NO3. The summed E-state index contributed by atoms with van der Waals surface area (Å²) in [5.74, 6) is -1.11. The Kier molecular flexibility index (Phi) is 4.72. The lowest BCUT2D eigenvalue weighted by molar-refractivity contribution is -0.153. The Labute approximate surface area is 123 Å². The van der Waals surface area contributed by atoms with Gasteiger partial charge in [0.15, 0.2) is 6.10 Å². The van der Waals surface area contributed by atoms with Gasteiger partial charge in [0.05, 0.1) is 6.42 Å². The Hall–Kier alpha value is -2.62. The second-order valence-corrected chi connectivity index (χ2v) is 4.77. The van der Waals surface area contributed by atoms with E-state index in [4.69, 9.17) is 10.5 Å². The van der Waals surface area contributed by atoms with Crippen LogP contribution in [0.25, 0.3) is 11.1 Å². The molecule has 2 aromatic rings. The summed E-state index contributed by atoms with van der Waals surface area (Å²) in [5.41, 5.74) is 8.08. The van der Waals surface area contributed by atoms with Gasteiger partial charge in [-0.3, -0.25) is 9.59 Å². The number of amides is 1. The molecule has 1 amide bonds. The number of esters is 1. The minimum atomic E-state index is -0.902. The van der Waals surface area contributed by atoms with Gasteiger partial charge in [-0.05, 0) is 23.6 Å². The molecule has 0 saturated heterocycles. The van der Waals surface area contributed by atoms with E-state index in [9.17, 15) is 9.59 Å². The summed E-state index contributed by atoms with van der Waals surface area (Å²) in [7, 11) is 0. The highest BCUT2D eigenvalue weighted by Gasteiger charge is 2.14. The molecule has 0 radical (unpaired) electrons. The third kappa shape index (κ3) is 4.18. The molecule has 21 heavy (non-hydrogen) atoms. The summed E-state index contributed by atoms with van der Waals surface area (Å²) >= 11 is 0. The van der Waals surface area contributed by atoms with Crippen LogP contribution in [0.1, 0.15) is 12.5 Å². The molecule has 0 aliphatic rings. The maximum Gasteiger partial charge on any atom is 0.311 e. The quantitative estimate of drug-likeness (QED) is 0.856. The van der Waals surface area contributed by atoms with E-state index in [1.807, 2.05) is 54.6 Å². The molecule has 1 atom stereocenters. The maximum absolute atomic E-state index is 11.7. The topological polar surface area (TPSA) is 69.4 Å². The Morgan fingerprint density at radius 2 is 1.57 bits per heavy atom. The van der Waals surface area contributed by atoms with Crippen molar-refractivity contribution in [2.75, 3.05) is 0 Å². The second-order valence-electron chi connectivity index (χ2n) is 4.77. The zero-order valence-electron chi connectivity index (χ0n) is 11.8. The predicted octanol–water partition coefficient (Wildman–Crippen LogP) is 2.31. The van der Waals surface area contributed by atoms with E-state index in [0.717, 1.165) is 16.7 Å². The van der Waals surface area contributed by atoms with Crippen molar-refractivity contribution in [1.29, 1.82) is 0 Å². The molecule has 2 N–H and O–H groups in total. The van der Waals surface area contributed by atoms with E-state index in [1.165, 1.54) is 6.92 Å². The van der Waals surface area contributed by atoms with Crippen LogP contribution in [0, 0.1) is 0 Å². The molecule has 0 heterocycles. The Balaban J connectivity index is 2.00. The predicted molar refractivity (Wildman–Crippen MR) is 80.3 cm³/mol. The summed E-state index contributed by atoms with van der Waals surface area (Å²) in [6.45, 7) is 1.46. The van der Waals surface area contributed by atoms with E-state index in [2.05, 4.69) is 0 Å². The fourth-order valence-corrected chi connectivity index (χ4v) is 1.91. The van der Waals surface area contributed by atoms with Crippen LogP contribution in [-0.4, -0.2) is 18.0 Å². The van der Waals surface area contributed by atoms with Gasteiger partial charge in [-0.1, -0.05) is 54.6 Å². The van der Waals surface area contributed by atoms with Crippen molar-refractivity contribution in [2.24, 2.45) is 5.73 Å². The fraction of sp³-hybridized carbons (Fsp3) is 0.176. The maximum atomic E-state index is 11.7. The van der Waals surface area contributed by atoms with Crippen molar-refractivity contribution < 1.29 is 14.3 Å². The summed E-state index contributed by atoms with van der Waals surface area (Å²) in [5, 5.41) is 0. The number of rotatable bonds is 5. The normalized spacial score (nSPS) is 11.7. The van der Waals surface area contributed by atoms with Crippen molar-refractivity contribution in [3.05, 3.63) is 60.2 Å². The molecule has 0 saturated carbocycles. The number of hydrogen-bond acceptors (Lipinski definition) is 3. The van der Waals surface area contributed by atoms with Gasteiger partial charge in [0.25, 0.3) is 5.91 Å². The number of benzene rings is 2. The smallest absolute Gasteiger partial charge is 0.311 e. The Morgan fingerprint density at radius 1 is 1.00 bits per heavy atom. The highest BCUT2D eigenvalue weighted by Crippen LogP contribution is 2.19. The number of ether oxygens (including phenoxy) is 1. The van der Waals surface area contributed by atoms with Gasteiger partial charge in [-0.15, -0.1) is 0 Å². The zero-order chi connectivity index (χ0) is 15.2. The largest absolute Gasteiger partial charge is 0.452 e. The number of nitrogens with two attached hydrogens (primary N) is 1. The molecule has 0 unspecified atom stereocenters. The first-order chi connectivity index (χ1) is 10.1. The molecule has 0 aliphatic heterocycles. The van der Waals surface area contributed by atoms with Crippen LogP contribution >= 0.6 is 0 Å². The van der Waals surface area contributed by atoms with Crippen LogP contribution in [0.2, 0.25) is 0 Å². The van der Waals surface area contributed by atoms with Gasteiger partial charge < -0.3 is 10.5 Å². The molecule has 4 nitrogen and oxygen atoms in total. The lowest BCUT2D eigenvalue weighted by atomic mass is 10.0. The van der Waals surface area contributed by atoms with Crippen LogP contribution < -0.4 is 5.73 Å². The number of hydrogen-bond donors (Lipinski definition) is 1. The number of carbonyl (C=O) groups is 2. The third-order valence-corrected chi connectivity index (χ3v) is 3.12. The number of carbonyl (C=O) groups excluding carboxylic acids is 2. The van der Waals surface area contributed by atoms with E-state index in [0.29, 0.717) is 0 Å². The van der Waals surface area contributed by atoms with Crippen molar-refractivity contribution in [2.45, 2.75) is 19.4 Å². The van der Waals surface area contributed by atoms with Gasteiger partial charge >= 0.3 is 5.97 Å². The van der Waals surface area contributed by atoms with Crippen LogP contribution in [-0.2, 0) is 20.7 Å². The minimum absolute atomic E-state index is 0.118. The highest BCUT2D eigenvalue weighted by atomic mass is 16.5. The third-order valence-electron chi connectivity index (χ3n) is 3.12. The van der Waals surface area contributed by atoms with E-state index in [1.54, 1.807) is 0 Å². The molecule has 0 bridgehead atoms. The van der Waals surface area contributed by atoms with Crippen LogP contribution in [0.15, 0.2) is 54.6 Å². The van der Waals surface area contributed by atoms with Gasteiger partial charge in [-0.25, -0.2) is 0 Å². The van der Waals surface area contributed by atoms with Crippen LogP contribution in [0.4, 0.5) is 0 Å². The SMILES string of the molecule is C[C@@H](OC(=O)Cc1ccc(-c2ccccc2)cc1)C(N)=O. The molecule has 108 valence electrons. The highest BCUT2D eigenvalue weighted by molar-refractivity contribution is 5.82. The van der Waals surface area contributed by atoms with E-state index >= 15 is 0 Å². The molecule has 0 aromatic heterocycles. The lowest BCUT2D eigenvalue weighted by Crippen LogP contribution is -2.30. The van der Waals surface area contributed by atoms with Gasteiger partial charge in [0, 0.05) is 0 Å². The first-order valence-electron chi connectivity index (χ1n) is 6.69. The van der Waals surface area contributed by atoms with Gasteiger partial charge in [-0.2, -0.15) is 0 Å². The van der Waals surface area contributed by atoms with Crippen LogP contribution in [0.3, 0.4) is 0 Å². The molecule has 0 fully saturated rings. The molecule has 0 aliphatic carbocycles.